The Balaban J connectivity index is 2.51. The van der Waals surface area contributed by atoms with Gasteiger partial charge in [-0.1, -0.05) is 30.3 Å². The number of methoxy groups -OCH3 is 2. The molecule has 21 heavy (non-hydrogen) atoms. The molecule has 2 aromatic rings. The highest BCUT2D eigenvalue weighted by Gasteiger charge is 2.28. The fraction of sp³-hybridized carbons (Fsp3) is 0.214. The average Bonchev–Trinajstić information content (AvgIpc) is 2.83. The fourth-order valence-electron chi connectivity index (χ4n) is 1.88. The van der Waals surface area contributed by atoms with Crippen molar-refractivity contribution in [2.45, 2.75) is 6.54 Å². The number of ether oxygens (including phenoxy) is 2. The van der Waals surface area contributed by atoms with E-state index in [0.29, 0.717) is 11.3 Å². The smallest absolute Gasteiger partial charge is 0.359 e. The van der Waals surface area contributed by atoms with Crippen molar-refractivity contribution in [3.8, 4) is 0 Å². The van der Waals surface area contributed by atoms with Gasteiger partial charge in [-0.2, -0.15) is 0 Å². The van der Waals surface area contributed by atoms with Gasteiger partial charge in [0.25, 0.3) is 0 Å². The molecule has 0 saturated carbocycles. The minimum Gasteiger partial charge on any atom is -0.464 e. The van der Waals surface area contributed by atoms with Gasteiger partial charge in [-0.05, 0) is 21.5 Å². The van der Waals surface area contributed by atoms with Crippen LogP contribution in [0.15, 0.2) is 35.1 Å². The van der Waals surface area contributed by atoms with E-state index in [1.54, 1.807) is 4.57 Å². The minimum absolute atomic E-state index is 0.0556. The van der Waals surface area contributed by atoms with Crippen molar-refractivity contribution in [1.29, 1.82) is 0 Å². The normalized spacial score (nSPS) is 10.2. The maximum atomic E-state index is 12.0. The second kappa shape index (κ2) is 6.53. The number of aromatic nitrogens is 2. The SMILES string of the molecule is COC(=O)c1nc(Br)n(Cc2ccccc2)c1C(=O)OC. The molecule has 6 nitrogen and oxygen atoms in total. The quantitative estimate of drug-likeness (QED) is 0.789. The predicted molar refractivity (Wildman–Crippen MR) is 78.2 cm³/mol. The summed E-state index contributed by atoms with van der Waals surface area (Å²) in [6.07, 6.45) is 0. The van der Waals surface area contributed by atoms with E-state index >= 15 is 0 Å². The largest absolute Gasteiger partial charge is 0.464 e. The number of esters is 2. The molecule has 0 N–H and O–H groups in total. The maximum absolute atomic E-state index is 12.0. The summed E-state index contributed by atoms with van der Waals surface area (Å²) < 4.78 is 11.3. The Morgan fingerprint density at radius 1 is 1.14 bits per heavy atom. The van der Waals surface area contributed by atoms with Crippen LogP contribution in [0, 0.1) is 0 Å². The van der Waals surface area contributed by atoms with Crippen molar-refractivity contribution < 1.29 is 19.1 Å². The van der Waals surface area contributed by atoms with Gasteiger partial charge in [0.15, 0.2) is 16.1 Å². The number of benzene rings is 1. The maximum Gasteiger partial charge on any atom is 0.359 e. The monoisotopic (exact) mass is 352 g/mol. The minimum atomic E-state index is -0.692. The molecule has 0 radical (unpaired) electrons. The second-order valence-corrected chi connectivity index (χ2v) is 4.84. The van der Waals surface area contributed by atoms with Crippen LogP contribution in [0.5, 0.6) is 0 Å². The number of nitrogens with zero attached hydrogens (tertiary/aromatic N) is 2. The van der Waals surface area contributed by atoms with Crippen LogP contribution in [-0.4, -0.2) is 35.7 Å². The third-order valence-electron chi connectivity index (χ3n) is 2.86. The van der Waals surface area contributed by atoms with E-state index in [2.05, 4.69) is 25.7 Å². The highest BCUT2D eigenvalue weighted by atomic mass is 79.9. The molecule has 1 aromatic carbocycles. The highest BCUT2D eigenvalue weighted by Crippen LogP contribution is 2.20. The number of hydrogen-bond acceptors (Lipinski definition) is 5. The predicted octanol–water partition coefficient (Wildman–Crippen LogP) is 2.27. The van der Waals surface area contributed by atoms with E-state index < -0.39 is 11.9 Å². The molecule has 7 heteroatoms. The van der Waals surface area contributed by atoms with Crippen molar-refractivity contribution in [3.63, 3.8) is 0 Å². The zero-order valence-corrected chi connectivity index (χ0v) is 13.1. The van der Waals surface area contributed by atoms with E-state index in [4.69, 9.17) is 4.74 Å². The lowest BCUT2D eigenvalue weighted by atomic mass is 10.2. The number of carbonyl (C=O) groups excluding carboxylic acids is 2. The molecular weight excluding hydrogens is 340 g/mol. The summed E-state index contributed by atoms with van der Waals surface area (Å²) in [7, 11) is 2.48. The standard InChI is InChI=1S/C14H13BrN2O4/c1-20-12(18)10-11(13(19)21-2)17(14(15)16-10)8-9-6-4-3-5-7-9/h3-7H,8H2,1-2H3. The van der Waals surface area contributed by atoms with Crippen molar-refractivity contribution in [2.75, 3.05) is 14.2 Å². The lowest BCUT2D eigenvalue weighted by Crippen LogP contribution is -2.16. The fourth-order valence-corrected chi connectivity index (χ4v) is 2.36. The van der Waals surface area contributed by atoms with Gasteiger partial charge in [-0.25, -0.2) is 14.6 Å². The van der Waals surface area contributed by atoms with Crippen molar-refractivity contribution >= 4 is 27.9 Å². The summed E-state index contributed by atoms with van der Waals surface area (Å²) in [5.41, 5.74) is 0.935. The van der Waals surface area contributed by atoms with E-state index in [0.717, 1.165) is 5.56 Å². The summed E-state index contributed by atoms with van der Waals surface area (Å²) in [5.74, 6) is -1.34. The number of carbonyl (C=O) groups is 2. The van der Waals surface area contributed by atoms with Crippen LogP contribution in [0.2, 0.25) is 0 Å². The summed E-state index contributed by atoms with van der Waals surface area (Å²) in [4.78, 5) is 27.8. The second-order valence-electron chi connectivity index (χ2n) is 4.13. The lowest BCUT2D eigenvalue weighted by Gasteiger charge is -2.09. The number of imidazole rings is 1. The first kappa shape index (κ1) is 15.2. The van der Waals surface area contributed by atoms with Gasteiger partial charge in [0.2, 0.25) is 0 Å². The lowest BCUT2D eigenvalue weighted by molar-refractivity contribution is 0.0544. The Morgan fingerprint density at radius 3 is 2.33 bits per heavy atom. The summed E-state index contributed by atoms with van der Waals surface area (Å²) in [6, 6.07) is 9.49. The molecule has 0 aliphatic rings. The molecule has 2 rings (SSSR count). The average molecular weight is 353 g/mol. The molecule has 0 aliphatic heterocycles. The topological polar surface area (TPSA) is 70.4 Å². The van der Waals surface area contributed by atoms with Gasteiger partial charge in [0, 0.05) is 0 Å². The zero-order valence-electron chi connectivity index (χ0n) is 11.5. The van der Waals surface area contributed by atoms with Gasteiger partial charge in [-0.3, -0.25) is 0 Å². The van der Waals surface area contributed by atoms with E-state index in [9.17, 15) is 9.59 Å². The Kier molecular flexibility index (Phi) is 4.74. The first-order valence-corrected chi connectivity index (χ1v) is 6.84. The van der Waals surface area contributed by atoms with Crippen molar-refractivity contribution in [1.82, 2.24) is 9.55 Å². The Morgan fingerprint density at radius 2 is 1.76 bits per heavy atom. The Hall–Kier alpha value is -2.15. The zero-order chi connectivity index (χ0) is 15.4. The molecule has 1 aromatic heterocycles. The molecular formula is C14H13BrN2O4. The number of hydrogen-bond donors (Lipinski definition) is 0. The summed E-state index contributed by atoms with van der Waals surface area (Å²) in [6.45, 7) is 0.371. The highest BCUT2D eigenvalue weighted by molar-refractivity contribution is 9.10. The first-order valence-electron chi connectivity index (χ1n) is 6.05. The van der Waals surface area contributed by atoms with E-state index in [1.165, 1.54) is 14.2 Å². The van der Waals surface area contributed by atoms with E-state index in [-0.39, 0.29) is 11.4 Å². The molecule has 0 atom stereocenters. The van der Waals surface area contributed by atoms with Crippen LogP contribution in [0.25, 0.3) is 0 Å². The molecule has 0 saturated heterocycles. The van der Waals surface area contributed by atoms with Crippen LogP contribution < -0.4 is 0 Å². The summed E-state index contributed by atoms with van der Waals surface area (Å²) >= 11 is 3.26. The van der Waals surface area contributed by atoms with Gasteiger partial charge >= 0.3 is 11.9 Å². The number of halogens is 1. The molecule has 0 fully saturated rings. The molecule has 0 aliphatic carbocycles. The third-order valence-corrected chi connectivity index (χ3v) is 3.47. The van der Waals surface area contributed by atoms with E-state index in [1.807, 2.05) is 30.3 Å². The van der Waals surface area contributed by atoms with Crippen molar-refractivity contribution in [2.24, 2.45) is 0 Å². The molecule has 0 unspecified atom stereocenters. The molecule has 0 bridgehead atoms. The van der Waals surface area contributed by atoms with Crippen LogP contribution >= 0.6 is 15.9 Å². The van der Waals surface area contributed by atoms with Gasteiger partial charge < -0.3 is 14.0 Å². The Labute approximate surface area is 129 Å². The Bertz CT molecular complexity index is 667. The molecule has 0 spiro atoms. The summed E-state index contributed by atoms with van der Waals surface area (Å²) in [5, 5.41) is 0. The van der Waals surface area contributed by atoms with Crippen LogP contribution in [0.1, 0.15) is 26.5 Å². The van der Waals surface area contributed by atoms with Gasteiger partial charge in [-0.15, -0.1) is 0 Å². The van der Waals surface area contributed by atoms with Crippen LogP contribution in [0.3, 0.4) is 0 Å². The van der Waals surface area contributed by atoms with Crippen LogP contribution in [-0.2, 0) is 16.0 Å². The van der Waals surface area contributed by atoms with Crippen LogP contribution in [0.4, 0.5) is 0 Å². The van der Waals surface area contributed by atoms with Gasteiger partial charge in [0.05, 0.1) is 20.8 Å². The molecule has 110 valence electrons. The molecule has 1 heterocycles. The first-order chi connectivity index (χ1) is 10.1. The number of rotatable bonds is 4. The van der Waals surface area contributed by atoms with Gasteiger partial charge in [0.1, 0.15) is 0 Å². The third kappa shape index (κ3) is 3.13. The van der Waals surface area contributed by atoms with Crippen molar-refractivity contribution in [3.05, 3.63) is 52.0 Å². The molecule has 0 amide bonds.